The monoisotopic (exact) mass is 548 g/mol. The van der Waals surface area contributed by atoms with Gasteiger partial charge in [0.25, 0.3) is 0 Å². The van der Waals surface area contributed by atoms with Gasteiger partial charge in [-0.15, -0.1) is 0 Å². The highest BCUT2D eigenvalue weighted by atomic mass is 16.5. The van der Waals surface area contributed by atoms with Crippen molar-refractivity contribution in [1.29, 1.82) is 0 Å². The molecule has 4 aliphatic rings. The van der Waals surface area contributed by atoms with E-state index in [1.54, 1.807) is 4.90 Å². The number of rotatable bonds is 7. The molecule has 1 aromatic heterocycles. The van der Waals surface area contributed by atoms with E-state index < -0.39 is 0 Å². The summed E-state index contributed by atoms with van der Waals surface area (Å²) in [5, 5.41) is 0.959. The fraction of sp³-hybridized carbons (Fsp3) is 0.455. The number of fused-ring (bicyclic) bond motifs is 4. The standard InChI is InChI=1S/C33H36N6O2/c1-4-30(40)39-14-13-38(19-25(39)18-34-2)32-27-11-10-21(26-9-5-7-22-15-23-16-28(23)31(22)26)17-29(27)35-33(36-32)41-20-24-8-6-12-37(24)3/h4-5,7,9-11,17,23-25,28H,1,6,8,12-16,18-20H2,3H3/t23-,24+,25+,28+/m1/s1. The van der Waals surface area contributed by atoms with E-state index >= 15 is 0 Å². The van der Waals surface area contributed by atoms with Gasteiger partial charge in [0, 0.05) is 31.1 Å². The second kappa shape index (κ2) is 10.5. The van der Waals surface area contributed by atoms with E-state index in [-0.39, 0.29) is 18.5 Å². The Bertz CT molecular complexity index is 1560. The molecule has 4 atom stereocenters. The predicted octanol–water partition coefficient (Wildman–Crippen LogP) is 4.55. The third-order valence-corrected chi connectivity index (χ3v) is 9.56. The van der Waals surface area contributed by atoms with E-state index in [0.29, 0.717) is 44.2 Å². The number of nitrogens with zero attached hydrogens (tertiary/aromatic N) is 6. The van der Waals surface area contributed by atoms with E-state index in [9.17, 15) is 4.79 Å². The number of piperazine rings is 1. The number of hydrogen-bond acceptors (Lipinski definition) is 6. The number of ether oxygens (including phenoxy) is 1. The Balaban J connectivity index is 1.26. The van der Waals surface area contributed by atoms with Gasteiger partial charge in [0.05, 0.1) is 5.52 Å². The van der Waals surface area contributed by atoms with Gasteiger partial charge in [-0.3, -0.25) is 4.79 Å². The van der Waals surface area contributed by atoms with Crippen LogP contribution < -0.4 is 9.64 Å². The number of aromatic nitrogens is 2. The largest absolute Gasteiger partial charge is 0.462 e. The van der Waals surface area contributed by atoms with Gasteiger partial charge in [0.15, 0.2) is 0 Å². The smallest absolute Gasteiger partial charge is 0.319 e. The highest BCUT2D eigenvalue weighted by Gasteiger charge is 2.46. The van der Waals surface area contributed by atoms with E-state index in [4.69, 9.17) is 21.3 Å². The number of carbonyl (C=O) groups excluding carboxylic acids is 1. The van der Waals surface area contributed by atoms with Gasteiger partial charge in [-0.05, 0) is 91.6 Å². The highest BCUT2D eigenvalue weighted by Crippen LogP contribution is 2.58. The second-order valence-electron chi connectivity index (χ2n) is 12.0. The number of likely N-dealkylation sites (N-methyl/N-ethyl adjacent to an activating group) is 1. The summed E-state index contributed by atoms with van der Waals surface area (Å²) in [6.07, 6.45) is 6.14. The first-order chi connectivity index (χ1) is 20.0. The summed E-state index contributed by atoms with van der Waals surface area (Å²) in [7, 11) is 2.14. The molecule has 3 heterocycles. The molecule has 3 fully saturated rings. The van der Waals surface area contributed by atoms with Crippen LogP contribution in [0.3, 0.4) is 0 Å². The van der Waals surface area contributed by atoms with Crippen LogP contribution >= 0.6 is 0 Å². The Morgan fingerprint density at radius 3 is 2.90 bits per heavy atom. The lowest BCUT2D eigenvalue weighted by molar-refractivity contribution is -0.128. The molecule has 0 unspecified atom stereocenters. The summed E-state index contributed by atoms with van der Waals surface area (Å²) >= 11 is 0. The van der Waals surface area contributed by atoms with E-state index in [0.717, 1.165) is 35.6 Å². The molecule has 2 aliphatic carbocycles. The fourth-order valence-electron chi connectivity index (χ4n) is 7.23. The predicted molar refractivity (Wildman–Crippen MR) is 160 cm³/mol. The van der Waals surface area contributed by atoms with Crippen molar-refractivity contribution < 1.29 is 9.53 Å². The van der Waals surface area contributed by atoms with Crippen molar-refractivity contribution in [2.45, 2.75) is 43.7 Å². The number of anilines is 1. The summed E-state index contributed by atoms with van der Waals surface area (Å²) < 4.78 is 6.28. The van der Waals surface area contributed by atoms with Crippen molar-refractivity contribution in [3.05, 3.63) is 71.6 Å². The molecule has 41 heavy (non-hydrogen) atoms. The van der Waals surface area contributed by atoms with Gasteiger partial charge in [0.1, 0.15) is 18.5 Å². The Hall–Kier alpha value is -3.96. The number of likely N-dealkylation sites (tertiary alicyclic amines) is 1. The molecule has 0 N–H and O–H groups in total. The average Bonchev–Trinajstić information content (AvgIpc) is 3.47. The van der Waals surface area contributed by atoms with Crippen LogP contribution in [0.4, 0.5) is 5.82 Å². The average molecular weight is 549 g/mol. The van der Waals surface area contributed by atoms with Crippen molar-refractivity contribution in [1.82, 2.24) is 19.8 Å². The van der Waals surface area contributed by atoms with Crippen LogP contribution in [0.15, 0.2) is 49.1 Å². The number of benzene rings is 2. The molecule has 2 saturated heterocycles. The third-order valence-electron chi connectivity index (χ3n) is 9.56. The van der Waals surface area contributed by atoms with Crippen molar-refractivity contribution in [2.24, 2.45) is 5.92 Å². The van der Waals surface area contributed by atoms with Crippen LogP contribution in [0.25, 0.3) is 26.9 Å². The number of hydrogen-bond donors (Lipinski definition) is 0. The Morgan fingerprint density at radius 1 is 1.20 bits per heavy atom. The van der Waals surface area contributed by atoms with E-state index in [1.807, 2.05) is 0 Å². The van der Waals surface area contributed by atoms with Gasteiger partial charge in [-0.2, -0.15) is 9.97 Å². The summed E-state index contributed by atoms with van der Waals surface area (Å²) in [5.74, 6) is 2.20. The Labute approximate surface area is 241 Å². The lowest BCUT2D eigenvalue weighted by atomic mass is 9.94. The van der Waals surface area contributed by atoms with E-state index in [1.165, 1.54) is 47.6 Å². The van der Waals surface area contributed by atoms with E-state index in [2.05, 4.69) is 64.7 Å². The maximum atomic E-state index is 12.5. The van der Waals surface area contributed by atoms with Crippen molar-refractivity contribution in [2.75, 3.05) is 51.3 Å². The van der Waals surface area contributed by atoms with Gasteiger partial charge in [-0.25, -0.2) is 6.57 Å². The Kier molecular flexibility index (Phi) is 6.63. The highest BCUT2D eigenvalue weighted by molar-refractivity contribution is 5.94. The maximum Gasteiger partial charge on any atom is 0.319 e. The van der Waals surface area contributed by atoms with Gasteiger partial charge in [0.2, 0.25) is 12.5 Å². The Morgan fingerprint density at radius 2 is 2.10 bits per heavy atom. The first-order valence-corrected chi connectivity index (χ1v) is 14.8. The SMILES string of the molecule is [C-]#[N+]C[C@H]1CN(c2nc(OC[C@@H]3CCCN3C)nc3cc(-c4cccc5c4[C@H]4C[C@H]4C5)ccc23)CCN1C(=O)C=C. The van der Waals surface area contributed by atoms with Crippen LogP contribution in [0.1, 0.15) is 36.3 Å². The molecule has 1 saturated carbocycles. The molecule has 8 heteroatoms. The van der Waals surface area contributed by atoms with Crippen LogP contribution in [0, 0.1) is 12.5 Å². The first kappa shape index (κ1) is 26.0. The minimum absolute atomic E-state index is 0.131. The minimum Gasteiger partial charge on any atom is -0.462 e. The number of carbonyl (C=O) groups is 1. The zero-order chi connectivity index (χ0) is 28.1. The maximum absolute atomic E-state index is 12.5. The molecule has 7 rings (SSSR count). The molecule has 0 radical (unpaired) electrons. The molecule has 0 spiro atoms. The van der Waals surface area contributed by atoms with Gasteiger partial charge < -0.3 is 24.3 Å². The van der Waals surface area contributed by atoms with Crippen LogP contribution in [0.5, 0.6) is 6.01 Å². The van der Waals surface area contributed by atoms with Gasteiger partial charge in [-0.1, -0.05) is 30.8 Å². The second-order valence-corrected chi connectivity index (χ2v) is 12.0. The third kappa shape index (κ3) is 4.72. The van der Waals surface area contributed by atoms with Gasteiger partial charge >= 0.3 is 6.01 Å². The minimum atomic E-state index is -0.231. The number of amides is 1. The molecular formula is C33H36N6O2. The van der Waals surface area contributed by atoms with Crippen molar-refractivity contribution in [3.63, 3.8) is 0 Å². The van der Waals surface area contributed by atoms with Crippen LogP contribution in [-0.4, -0.2) is 84.1 Å². The van der Waals surface area contributed by atoms with Crippen molar-refractivity contribution >= 4 is 22.6 Å². The molecule has 3 aromatic rings. The fourth-order valence-corrected chi connectivity index (χ4v) is 7.23. The zero-order valence-corrected chi connectivity index (χ0v) is 23.6. The topological polar surface area (TPSA) is 66.2 Å². The molecule has 0 bridgehead atoms. The first-order valence-electron chi connectivity index (χ1n) is 14.8. The lowest BCUT2D eigenvalue weighted by Crippen LogP contribution is -2.56. The molecular weight excluding hydrogens is 512 g/mol. The summed E-state index contributed by atoms with van der Waals surface area (Å²) in [6.45, 7) is 14.7. The molecule has 2 aromatic carbocycles. The van der Waals surface area contributed by atoms with Crippen molar-refractivity contribution in [3.8, 4) is 17.1 Å². The quantitative estimate of drug-likeness (QED) is 0.319. The zero-order valence-electron chi connectivity index (χ0n) is 23.6. The lowest BCUT2D eigenvalue weighted by Gasteiger charge is -2.39. The normalized spacial score (nSPS) is 25.1. The summed E-state index contributed by atoms with van der Waals surface area (Å²) in [5.41, 5.74) is 6.38. The summed E-state index contributed by atoms with van der Waals surface area (Å²) in [4.78, 5) is 32.3. The van der Waals surface area contributed by atoms with Crippen LogP contribution in [0.2, 0.25) is 0 Å². The molecule has 1 amide bonds. The summed E-state index contributed by atoms with van der Waals surface area (Å²) in [6, 6.07) is 13.8. The molecule has 8 nitrogen and oxygen atoms in total. The molecule has 2 aliphatic heterocycles. The molecule has 210 valence electrons. The van der Waals surface area contributed by atoms with Crippen LogP contribution in [-0.2, 0) is 11.2 Å².